The molecule has 0 saturated carbocycles. The molecule has 0 aliphatic carbocycles. The number of nitrogens with one attached hydrogen (secondary N) is 1. The van der Waals surface area contributed by atoms with Crippen LogP contribution in [0.15, 0.2) is 46.9 Å². The zero-order chi connectivity index (χ0) is 17.4. The summed E-state index contributed by atoms with van der Waals surface area (Å²) in [4.78, 5) is 15.0. The monoisotopic (exact) mass is 338 g/mol. The number of furan rings is 1. The number of amides is 1. The molecule has 1 aromatic heterocycles. The van der Waals surface area contributed by atoms with Crippen LogP contribution in [0.2, 0.25) is 0 Å². The number of nitrogens with zero attached hydrogens (tertiary/aromatic N) is 1. The molecule has 0 radical (unpaired) electrons. The topological polar surface area (TPSA) is 45.5 Å². The first kappa shape index (κ1) is 15.7. The summed E-state index contributed by atoms with van der Waals surface area (Å²) in [5.41, 5.74) is 2.52. The number of carbonyl (C=O) groups excluding carboxylic acids is 1. The number of halogens is 1. The minimum absolute atomic E-state index is 0.123. The molecule has 5 heteroatoms. The fraction of sp³-hybridized carbons (Fsp3) is 0.250. The highest BCUT2D eigenvalue weighted by Crippen LogP contribution is 2.31. The fourth-order valence-corrected chi connectivity index (χ4v) is 3.42. The van der Waals surface area contributed by atoms with Crippen molar-refractivity contribution >= 4 is 28.3 Å². The van der Waals surface area contributed by atoms with Crippen molar-refractivity contribution in [2.24, 2.45) is 0 Å². The van der Waals surface area contributed by atoms with Gasteiger partial charge in [-0.2, -0.15) is 0 Å². The summed E-state index contributed by atoms with van der Waals surface area (Å²) in [5, 5.41) is 3.55. The van der Waals surface area contributed by atoms with E-state index in [-0.39, 0.29) is 17.3 Å². The first-order valence-electron chi connectivity index (χ1n) is 8.48. The van der Waals surface area contributed by atoms with E-state index in [2.05, 4.69) is 10.2 Å². The van der Waals surface area contributed by atoms with E-state index in [9.17, 15) is 9.18 Å². The van der Waals surface area contributed by atoms with Gasteiger partial charge in [0.15, 0.2) is 17.2 Å². The number of rotatable bonds is 3. The molecule has 0 bridgehead atoms. The van der Waals surface area contributed by atoms with Crippen LogP contribution in [-0.2, 0) is 0 Å². The van der Waals surface area contributed by atoms with Crippen LogP contribution in [0, 0.1) is 12.7 Å². The maximum Gasteiger partial charge on any atom is 0.291 e. The largest absolute Gasteiger partial charge is 0.448 e. The van der Waals surface area contributed by atoms with Gasteiger partial charge in [-0.25, -0.2) is 4.39 Å². The Morgan fingerprint density at radius 2 is 1.88 bits per heavy atom. The standard InChI is InChI=1S/C20H19FN2O2/c1-13-14-7-6-8-15(21)19(14)25-18(13)20(24)22-16-9-2-3-10-17(16)23-11-4-5-12-23/h2-3,6-10H,4-5,11-12H2,1H3,(H,22,24). The lowest BCUT2D eigenvalue weighted by Gasteiger charge is -2.21. The molecule has 3 aromatic rings. The van der Waals surface area contributed by atoms with Crippen molar-refractivity contribution in [3.63, 3.8) is 0 Å². The highest BCUT2D eigenvalue weighted by atomic mass is 19.1. The number of anilines is 2. The molecule has 1 N–H and O–H groups in total. The third-order valence-electron chi connectivity index (χ3n) is 4.72. The summed E-state index contributed by atoms with van der Waals surface area (Å²) in [6.07, 6.45) is 2.31. The third-order valence-corrected chi connectivity index (χ3v) is 4.72. The van der Waals surface area contributed by atoms with Crippen molar-refractivity contribution in [1.29, 1.82) is 0 Å². The Morgan fingerprint density at radius 1 is 1.12 bits per heavy atom. The van der Waals surface area contributed by atoms with Gasteiger partial charge in [-0.15, -0.1) is 0 Å². The second-order valence-corrected chi connectivity index (χ2v) is 6.34. The smallest absolute Gasteiger partial charge is 0.291 e. The van der Waals surface area contributed by atoms with Gasteiger partial charge < -0.3 is 14.6 Å². The number of hydrogen-bond donors (Lipinski definition) is 1. The summed E-state index contributed by atoms with van der Waals surface area (Å²) in [5.74, 6) is -0.673. The van der Waals surface area contributed by atoms with Gasteiger partial charge in [0.1, 0.15) is 0 Å². The molecule has 1 aliphatic heterocycles. The number of hydrogen-bond acceptors (Lipinski definition) is 3. The van der Waals surface area contributed by atoms with Crippen LogP contribution in [0.4, 0.5) is 15.8 Å². The molecule has 128 valence electrons. The van der Waals surface area contributed by atoms with Crippen molar-refractivity contribution < 1.29 is 13.6 Å². The van der Waals surface area contributed by atoms with E-state index in [1.165, 1.54) is 6.07 Å². The average molecular weight is 338 g/mol. The predicted molar refractivity (Wildman–Crippen MR) is 96.8 cm³/mol. The highest BCUT2D eigenvalue weighted by molar-refractivity contribution is 6.07. The maximum atomic E-state index is 13.9. The molecule has 1 aliphatic rings. The molecular formula is C20H19FN2O2. The van der Waals surface area contributed by atoms with Gasteiger partial charge in [0.2, 0.25) is 0 Å². The molecule has 0 spiro atoms. The quantitative estimate of drug-likeness (QED) is 0.751. The van der Waals surface area contributed by atoms with Gasteiger partial charge >= 0.3 is 0 Å². The van der Waals surface area contributed by atoms with E-state index >= 15 is 0 Å². The van der Waals surface area contributed by atoms with E-state index in [1.807, 2.05) is 24.3 Å². The highest BCUT2D eigenvalue weighted by Gasteiger charge is 2.22. The predicted octanol–water partition coefficient (Wildman–Crippen LogP) is 4.73. The lowest BCUT2D eigenvalue weighted by atomic mass is 10.1. The average Bonchev–Trinajstić information content (AvgIpc) is 3.25. The van der Waals surface area contributed by atoms with Crippen molar-refractivity contribution in [1.82, 2.24) is 0 Å². The molecule has 2 heterocycles. The van der Waals surface area contributed by atoms with Crippen LogP contribution >= 0.6 is 0 Å². The number of para-hydroxylation sites is 3. The summed E-state index contributed by atoms with van der Waals surface area (Å²) >= 11 is 0. The minimum Gasteiger partial charge on any atom is -0.448 e. The van der Waals surface area contributed by atoms with E-state index < -0.39 is 5.82 Å². The number of carbonyl (C=O) groups is 1. The first-order valence-corrected chi connectivity index (χ1v) is 8.48. The summed E-state index contributed by atoms with van der Waals surface area (Å²) in [6.45, 7) is 3.75. The van der Waals surface area contributed by atoms with Crippen LogP contribution in [0.1, 0.15) is 29.0 Å². The number of aryl methyl sites for hydroxylation is 1. The Kier molecular flexibility index (Phi) is 3.92. The molecule has 1 fully saturated rings. The van der Waals surface area contributed by atoms with Gasteiger partial charge in [-0.1, -0.05) is 24.3 Å². The van der Waals surface area contributed by atoms with Gasteiger partial charge in [-0.3, -0.25) is 4.79 Å². The van der Waals surface area contributed by atoms with Gasteiger partial charge in [0.05, 0.1) is 11.4 Å². The van der Waals surface area contributed by atoms with Crippen LogP contribution in [0.25, 0.3) is 11.0 Å². The second kappa shape index (κ2) is 6.24. The van der Waals surface area contributed by atoms with Crippen molar-refractivity contribution in [2.45, 2.75) is 19.8 Å². The molecule has 4 nitrogen and oxygen atoms in total. The van der Waals surface area contributed by atoms with Crippen LogP contribution in [0.5, 0.6) is 0 Å². The van der Waals surface area contributed by atoms with Crippen molar-refractivity contribution in [2.75, 3.05) is 23.3 Å². The SMILES string of the molecule is Cc1c(C(=O)Nc2ccccc2N2CCCC2)oc2c(F)cccc12. The molecule has 1 saturated heterocycles. The van der Waals surface area contributed by atoms with E-state index in [1.54, 1.807) is 19.1 Å². The maximum absolute atomic E-state index is 13.9. The Morgan fingerprint density at radius 3 is 2.64 bits per heavy atom. The summed E-state index contributed by atoms with van der Waals surface area (Å²) in [6, 6.07) is 12.4. The Bertz CT molecular complexity index is 942. The molecule has 4 rings (SSSR count). The van der Waals surface area contributed by atoms with Crippen LogP contribution in [0.3, 0.4) is 0 Å². The fourth-order valence-electron chi connectivity index (χ4n) is 3.42. The van der Waals surface area contributed by atoms with E-state index in [0.717, 1.165) is 37.3 Å². The number of fused-ring (bicyclic) bond motifs is 1. The first-order chi connectivity index (χ1) is 12.1. The van der Waals surface area contributed by atoms with Crippen LogP contribution in [-0.4, -0.2) is 19.0 Å². The minimum atomic E-state index is -0.461. The van der Waals surface area contributed by atoms with Crippen LogP contribution < -0.4 is 10.2 Å². The Hall–Kier alpha value is -2.82. The molecule has 2 aromatic carbocycles. The van der Waals surface area contributed by atoms with Crippen molar-refractivity contribution in [3.05, 3.63) is 59.6 Å². The molecule has 0 atom stereocenters. The molecular weight excluding hydrogens is 319 g/mol. The Labute approximate surface area is 145 Å². The second-order valence-electron chi connectivity index (χ2n) is 6.34. The lowest BCUT2D eigenvalue weighted by Crippen LogP contribution is -2.21. The Balaban J connectivity index is 1.67. The molecule has 1 amide bonds. The number of benzene rings is 2. The summed E-state index contributed by atoms with van der Waals surface area (Å²) in [7, 11) is 0. The molecule has 0 unspecified atom stereocenters. The lowest BCUT2D eigenvalue weighted by molar-refractivity contribution is 0.0997. The molecule has 25 heavy (non-hydrogen) atoms. The zero-order valence-corrected chi connectivity index (χ0v) is 14.0. The van der Waals surface area contributed by atoms with Gasteiger partial charge in [0, 0.05) is 24.0 Å². The normalized spacial score (nSPS) is 14.2. The summed E-state index contributed by atoms with van der Waals surface area (Å²) < 4.78 is 19.4. The van der Waals surface area contributed by atoms with E-state index in [0.29, 0.717) is 10.9 Å². The van der Waals surface area contributed by atoms with Crippen molar-refractivity contribution in [3.8, 4) is 0 Å². The third kappa shape index (κ3) is 2.76. The van der Waals surface area contributed by atoms with Gasteiger partial charge in [-0.05, 0) is 38.0 Å². The van der Waals surface area contributed by atoms with E-state index in [4.69, 9.17) is 4.42 Å². The van der Waals surface area contributed by atoms with Gasteiger partial charge in [0.25, 0.3) is 5.91 Å². The zero-order valence-electron chi connectivity index (χ0n) is 14.0.